The van der Waals surface area contributed by atoms with Gasteiger partial charge in [0.25, 0.3) is 17.7 Å². The Balaban J connectivity index is 1.64. The fourth-order valence-electron chi connectivity index (χ4n) is 3.60. The second-order valence-electron chi connectivity index (χ2n) is 8.30. The van der Waals surface area contributed by atoms with Crippen LogP contribution < -0.4 is 27.0 Å². The summed E-state index contributed by atoms with van der Waals surface area (Å²) in [4.78, 5) is 40.1. The van der Waals surface area contributed by atoms with Gasteiger partial charge in [-0.25, -0.2) is 4.39 Å². The Kier molecular flexibility index (Phi) is 9.04. The molecule has 0 spiro atoms. The Morgan fingerprint density at radius 1 is 1.06 bits per heavy atom. The molecule has 0 unspecified atom stereocenters. The highest BCUT2D eigenvalue weighted by molar-refractivity contribution is 6.34. The quantitative estimate of drug-likeness (QED) is 0.345. The summed E-state index contributed by atoms with van der Waals surface area (Å²) in [5.74, 6) is -2.24. The van der Waals surface area contributed by atoms with Gasteiger partial charge in [-0.15, -0.1) is 0 Å². The number of nitrogens with two attached hydrogens (primary N) is 1. The molecule has 0 atom stereocenters. The molecule has 1 heterocycles. The molecule has 1 fully saturated rings. The third-order valence-corrected chi connectivity index (χ3v) is 5.93. The smallest absolute Gasteiger partial charge is 0.274 e. The summed E-state index contributed by atoms with van der Waals surface area (Å²) >= 11 is 5.93. The van der Waals surface area contributed by atoms with E-state index in [1.807, 2.05) is 7.05 Å². The maximum atomic E-state index is 13.2. The molecule has 3 amide bonds. The molecule has 6 N–H and O–H groups in total. The summed E-state index contributed by atoms with van der Waals surface area (Å²) in [5, 5.41) is 10.8. The third-order valence-electron chi connectivity index (χ3n) is 5.62. The van der Waals surface area contributed by atoms with Crippen molar-refractivity contribution >= 4 is 40.7 Å². The van der Waals surface area contributed by atoms with Gasteiger partial charge in [0.1, 0.15) is 17.2 Å². The summed E-state index contributed by atoms with van der Waals surface area (Å²) in [7, 11) is 2.02. The van der Waals surface area contributed by atoms with Crippen molar-refractivity contribution in [3.8, 4) is 0 Å². The fraction of sp³-hybridized carbons (Fsp3) is 0.240. The second kappa shape index (κ2) is 12.2. The van der Waals surface area contributed by atoms with Crippen LogP contribution in [0.5, 0.6) is 0 Å². The molecule has 1 aliphatic rings. The van der Waals surface area contributed by atoms with Gasteiger partial charge in [-0.05, 0) is 81.6 Å². The van der Waals surface area contributed by atoms with Crippen molar-refractivity contribution in [2.45, 2.75) is 18.9 Å². The molecule has 11 heteroatoms. The second-order valence-corrected chi connectivity index (χ2v) is 8.71. The van der Waals surface area contributed by atoms with Gasteiger partial charge >= 0.3 is 0 Å². The van der Waals surface area contributed by atoms with E-state index < -0.39 is 23.5 Å². The Morgan fingerprint density at radius 3 is 2.25 bits per heavy atom. The first-order valence-corrected chi connectivity index (χ1v) is 11.6. The van der Waals surface area contributed by atoms with Gasteiger partial charge in [-0.1, -0.05) is 18.2 Å². The summed E-state index contributed by atoms with van der Waals surface area (Å²) in [6.07, 6.45) is 2.84. The molecule has 1 aliphatic heterocycles. The number of piperidine rings is 1. The van der Waals surface area contributed by atoms with Crippen LogP contribution in [-0.4, -0.2) is 48.8 Å². The maximum Gasteiger partial charge on any atom is 0.274 e. The van der Waals surface area contributed by atoms with Gasteiger partial charge in [0.15, 0.2) is 0 Å². The van der Waals surface area contributed by atoms with E-state index in [0.29, 0.717) is 11.4 Å². The van der Waals surface area contributed by atoms with E-state index in [4.69, 9.17) is 17.3 Å². The molecule has 0 saturated carbocycles. The zero-order valence-corrected chi connectivity index (χ0v) is 20.5. The molecule has 190 valence electrons. The Hall–Kier alpha value is -3.89. The largest absolute Gasteiger partial charge is 0.392 e. The van der Waals surface area contributed by atoms with E-state index in [1.54, 1.807) is 24.3 Å². The van der Waals surface area contributed by atoms with Gasteiger partial charge in [0.2, 0.25) is 0 Å². The maximum absolute atomic E-state index is 13.2. The first-order chi connectivity index (χ1) is 17.2. The number of carbonyl (C=O) groups is 3. The number of benzene rings is 2. The fourth-order valence-corrected chi connectivity index (χ4v) is 3.85. The number of amides is 3. The van der Waals surface area contributed by atoms with E-state index in [0.717, 1.165) is 38.1 Å². The molecule has 0 aromatic heterocycles. The highest BCUT2D eigenvalue weighted by Crippen LogP contribution is 2.20. The number of halogens is 2. The number of hydrogen-bond acceptors (Lipinski definition) is 6. The minimum atomic E-state index is -0.638. The molecule has 0 radical (unpaired) electrons. The number of nitrogens with one attached hydrogen (secondary N) is 4. The average Bonchev–Trinajstić information content (AvgIpc) is 2.84. The van der Waals surface area contributed by atoms with Crippen LogP contribution in [0.3, 0.4) is 0 Å². The Morgan fingerprint density at radius 2 is 1.67 bits per heavy atom. The van der Waals surface area contributed by atoms with E-state index >= 15 is 0 Å². The molecule has 9 nitrogen and oxygen atoms in total. The lowest BCUT2D eigenvalue weighted by Crippen LogP contribution is -2.45. The highest BCUT2D eigenvalue weighted by atomic mass is 35.5. The lowest BCUT2D eigenvalue weighted by atomic mass is 10.1. The summed E-state index contributed by atoms with van der Waals surface area (Å²) in [5.41, 5.74) is 6.55. The van der Waals surface area contributed by atoms with Crippen molar-refractivity contribution in [3.05, 3.63) is 83.0 Å². The van der Waals surface area contributed by atoms with Gasteiger partial charge in [-0.2, -0.15) is 0 Å². The van der Waals surface area contributed by atoms with Gasteiger partial charge < -0.3 is 31.9 Å². The SMILES string of the molecule is C=CN/C(C(=O)Nc1ccc(NC(=O)c2ccc(F)cc2Cl)cc1)=C(\N)C(=O)NC1CCN(C)CC1. The topological polar surface area (TPSA) is 129 Å². The predicted molar refractivity (Wildman–Crippen MR) is 138 cm³/mol. The van der Waals surface area contributed by atoms with Crippen molar-refractivity contribution in [2.75, 3.05) is 30.8 Å². The summed E-state index contributed by atoms with van der Waals surface area (Å²) in [6.45, 7) is 5.26. The predicted octanol–water partition coefficient (Wildman–Crippen LogP) is 2.78. The van der Waals surface area contributed by atoms with Crippen LogP contribution in [-0.2, 0) is 9.59 Å². The van der Waals surface area contributed by atoms with Crippen LogP contribution in [0.1, 0.15) is 23.2 Å². The highest BCUT2D eigenvalue weighted by Gasteiger charge is 2.23. The zero-order valence-electron chi connectivity index (χ0n) is 19.7. The lowest BCUT2D eigenvalue weighted by Gasteiger charge is -2.29. The molecule has 2 aromatic rings. The first kappa shape index (κ1) is 26.7. The molecule has 0 bridgehead atoms. The first-order valence-electron chi connectivity index (χ1n) is 11.2. The summed E-state index contributed by atoms with van der Waals surface area (Å²) < 4.78 is 13.2. The van der Waals surface area contributed by atoms with E-state index in [9.17, 15) is 18.8 Å². The number of rotatable bonds is 8. The van der Waals surface area contributed by atoms with Crippen LogP contribution in [0.2, 0.25) is 5.02 Å². The number of anilines is 2. The van der Waals surface area contributed by atoms with E-state index in [2.05, 4.69) is 32.7 Å². The number of hydrogen-bond donors (Lipinski definition) is 5. The van der Waals surface area contributed by atoms with Crippen LogP contribution in [0, 0.1) is 5.82 Å². The molecule has 3 rings (SSSR count). The molecule has 2 aromatic carbocycles. The van der Waals surface area contributed by atoms with E-state index in [-0.39, 0.29) is 28.0 Å². The van der Waals surface area contributed by atoms with Crippen LogP contribution >= 0.6 is 11.6 Å². The van der Waals surface area contributed by atoms with Crippen LogP contribution in [0.4, 0.5) is 15.8 Å². The standard InChI is InChI=1S/C25H28ClFN6O3/c1-3-29-22(21(28)24(35)31-18-10-12-33(2)13-11-18)25(36)32-17-7-5-16(6-8-17)30-23(34)19-9-4-15(27)14-20(19)26/h3-9,14,18,29H,1,10-13,28H2,2H3,(H,30,34)(H,31,35)(H,32,36)/b22-21-. The number of nitrogens with zero attached hydrogens (tertiary/aromatic N) is 1. The van der Waals surface area contributed by atoms with Gasteiger partial charge in [-0.3, -0.25) is 14.4 Å². The molecular formula is C25H28ClFN6O3. The van der Waals surface area contributed by atoms with Crippen LogP contribution in [0.15, 0.2) is 66.6 Å². The Bertz CT molecular complexity index is 1180. The monoisotopic (exact) mass is 514 g/mol. The van der Waals surface area contributed by atoms with Gasteiger partial charge in [0.05, 0.1) is 10.6 Å². The summed E-state index contributed by atoms with van der Waals surface area (Å²) in [6, 6.07) is 9.69. The van der Waals surface area contributed by atoms with Crippen molar-refractivity contribution < 1.29 is 18.8 Å². The third kappa shape index (κ3) is 7.06. The molecular weight excluding hydrogens is 487 g/mol. The lowest BCUT2D eigenvalue weighted by molar-refractivity contribution is -0.119. The normalized spacial score (nSPS) is 14.9. The minimum Gasteiger partial charge on any atom is -0.392 e. The van der Waals surface area contributed by atoms with Crippen molar-refractivity contribution in [1.29, 1.82) is 0 Å². The van der Waals surface area contributed by atoms with E-state index in [1.165, 1.54) is 12.3 Å². The molecule has 36 heavy (non-hydrogen) atoms. The van der Waals surface area contributed by atoms with Crippen LogP contribution in [0.25, 0.3) is 0 Å². The van der Waals surface area contributed by atoms with Crippen molar-refractivity contribution in [2.24, 2.45) is 5.73 Å². The molecule has 1 saturated heterocycles. The number of carbonyl (C=O) groups excluding carboxylic acids is 3. The number of likely N-dealkylation sites (tertiary alicyclic amines) is 1. The van der Waals surface area contributed by atoms with Crippen molar-refractivity contribution in [1.82, 2.24) is 15.5 Å². The zero-order chi connectivity index (χ0) is 26.2. The molecule has 0 aliphatic carbocycles. The van der Waals surface area contributed by atoms with Crippen molar-refractivity contribution in [3.63, 3.8) is 0 Å². The average molecular weight is 515 g/mol. The Labute approximate surface area is 213 Å². The van der Waals surface area contributed by atoms with Gasteiger partial charge in [0, 0.05) is 17.4 Å². The minimum absolute atomic E-state index is 0.0112.